The first-order valence-electron chi connectivity index (χ1n) is 12.9. The maximum Gasteiger partial charge on any atom is 0.229 e. The van der Waals surface area contributed by atoms with E-state index in [1.807, 2.05) is 0 Å². The fourth-order valence-corrected chi connectivity index (χ4v) is 4.90. The monoisotopic (exact) mass is 580 g/mol. The number of aromatic hydroxyl groups is 1. The molecule has 0 unspecified atom stereocenters. The first-order valence-corrected chi connectivity index (χ1v) is 12.9. The minimum absolute atomic E-state index is 0.0155. The van der Waals surface area contributed by atoms with Crippen molar-refractivity contribution in [3.05, 3.63) is 47.5 Å². The smallest absolute Gasteiger partial charge is 0.229 e. The number of Topliss-reactive ketones (excluding diaryl/α,β-unsaturated/α-hetero) is 1. The summed E-state index contributed by atoms with van der Waals surface area (Å²) in [5.74, 6) is -0.188. The highest BCUT2D eigenvalue weighted by Gasteiger charge is 2.50. The number of aliphatic hydroxyl groups excluding tert-OH is 5. The van der Waals surface area contributed by atoms with E-state index in [0.717, 1.165) is 6.07 Å². The number of rotatable bonds is 8. The molecule has 14 heteroatoms. The van der Waals surface area contributed by atoms with E-state index in [0.29, 0.717) is 11.3 Å². The number of hydrogen-bond acceptors (Lipinski definition) is 14. The number of ether oxygens (including phenoxy) is 6. The summed E-state index contributed by atoms with van der Waals surface area (Å²) in [6.07, 6.45) is -11.6. The van der Waals surface area contributed by atoms with Gasteiger partial charge in [-0.3, -0.25) is 4.79 Å². The Labute approximate surface area is 233 Å². The Bertz CT molecular complexity index is 1240. The first kappa shape index (κ1) is 29.4. The number of carbonyl (C=O) groups is 1. The van der Waals surface area contributed by atoms with Gasteiger partial charge >= 0.3 is 0 Å². The fourth-order valence-electron chi connectivity index (χ4n) is 4.90. The van der Waals surface area contributed by atoms with Gasteiger partial charge in [0.2, 0.25) is 6.29 Å². The second kappa shape index (κ2) is 11.7. The molecule has 0 aliphatic carbocycles. The maximum atomic E-state index is 12.8. The van der Waals surface area contributed by atoms with Crippen molar-refractivity contribution in [2.24, 2.45) is 0 Å². The third-order valence-electron chi connectivity index (χ3n) is 7.39. The van der Waals surface area contributed by atoms with Crippen LogP contribution < -0.4 is 14.2 Å². The number of phenolic OH excluding ortho intramolecular Hbond substituents is 1. The molecule has 3 aliphatic rings. The molecule has 0 amide bonds. The number of aliphatic hydroxyl groups is 6. The number of ketones is 1. The van der Waals surface area contributed by atoms with Gasteiger partial charge in [-0.15, -0.1) is 0 Å². The SMILES string of the molecule is COc1ccc([C@@H]2CC(=O)c3c(O)cc(O[C@@H]4O[C@H](CO[C@@H]5OC[C@](O)(CO)[C@H]5O)[C@@H](O)[C@H](O)[C@H]4O)cc3O2)cc1. The maximum absolute atomic E-state index is 12.8. The van der Waals surface area contributed by atoms with Crippen LogP contribution in [0, 0.1) is 0 Å². The lowest BCUT2D eigenvalue weighted by Gasteiger charge is -2.40. The topological polar surface area (TPSA) is 214 Å². The predicted molar refractivity (Wildman–Crippen MR) is 134 cm³/mol. The average molecular weight is 581 g/mol. The van der Waals surface area contributed by atoms with Crippen molar-refractivity contribution in [2.75, 3.05) is 26.9 Å². The highest BCUT2D eigenvalue weighted by molar-refractivity contribution is 6.02. The second-order valence-electron chi connectivity index (χ2n) is 10.2. The number of hydrogen-bond donors (Lipinski definition) is 7. The molecule has 0 bridgehead atoms. The zero-order valence-electron chi connectivity index (χ0n) is 21.9. The minimum Gasteiger partial charge on any atom is -0.507 e. The Morgan fingerprint density at radius 2 is 1.73 bits per heavy atom. The summed E-state index contributed by atoms with van der Waals surface area (Å²) < 4.78 is 33.0. The van der Waals surface area contributed by atoms with Gasteiger partial charge in [-0.1, -0.05) is 12.1 Å². The molecule has 0 spiro atoms. The molecule has 9 atom stereocenters. The quantitative estimate of drug-likeness (QED) is 0.194. The summed E-state index contributed by atoms with van der Waals surface area (Å²) in [6, 6.07) is 9.42. The van der Waals surface area contributed by atoms with Crippen LogP contribution in [-0.2, 0) is 14.2 Å². The van der Waals surface area contributed by atoms with Gasteiger partial charge in [0.25, 0.3) is 0 Å². The van der Waals surface area contributed by atoms with Crippen molar-refractivity contribution in [3.8, 4) is 23.0 Å². The van der Waals surface area contributed by atoms with Crippen molar-refractivity contribution in [3.63, 3.8) is 0 Å². The number of benzene rings is 2. The van der Waals surface area contributed by atoms with E-state index in [1.54, 1.807) is 24.3 Å². The molecule has 5 rings (SSSR count). The van der Waals surface area contributed by atoms with Gasteiger partial charge in [0.15, 0.2) is 12.1 Å². The van der Waals surface area contributed by atoms with Crippen LogP contribution in [0.1, 0.15) is 28.4 Å². The Morgan fingerprint density at radius 1 is 1.00 bits per heavy atom. The van der Waals surface area contributed by atoms with E-state index in [2.05, 4.69) is 0 Å². The summed E-state index contributed by atoms with van der Waals surface area (Å²) in [5, 5.41) is 71.4. The van der Waals surface area contributed by atoms with Crippen LogP contribution in [-0.4, -0.2) is 117 Å². The lowest BCUT2D eigenvalue weighted by molar-refractivity contribution is -0.289. The Hall–Kier alpha value is -3.05. The normalized spacial score (nSPS) is 35.0. The third-order valence-corrected chi connectivity index (χ3v) is 7.39. The molecular formula is C27H32O14. The zero-order valence-corrected chi connectivity index (χ0v) is 21.9. The summed E-state index contributed by atoms with van der Waals surface area (Å²) in [5.41, 5.74) is -1.26. The second-order valence-corrected chi connectivity index (χ2v) is 10.2. The van der Waals surface area contributed by atoms with Crippen LogP contribution in [0.3, 0.4) is 0 Å². The molecule has 7 N–H and O–H groups in total. The van der Waals surface area contributed by atoms with E-state index >= 15 is 0 Å². The number of carbonyl (C=O) groups excluding carboxylic acids is 1. The fraction of sp³-hybridized carbons (Fsp3) is 0.519. The van der Waals surface area contributed by atoms with Gasteiger partial charge in [-0.25, -0.2) is 0 Å². The Kier molecular flexibility index (Phi) is 8.39. The molecule has 0 saturated carbocycles. The Balaban J connectivity index is 1.29. The molecule has 224 valence electrons. The van der Waals surface area contributed by atoms with Gasteiger partial charge in [0.05, 0.1) is 33.4 Å². The van der Waals surface area contributed by atoms with Gasteiger partial charge in [0.1, 0.15) is 70.8 Å². The van der Waals surface area contributed by atoms with Crippen molar-refractivity contribution < 1.29 is 69.0 Å². The van der Waals surface area contributed by atoms with Crippen molar-refractivity contribution >= 4 is 5.78 Å². The van der Waals surface area contributed by atoms with Crippen LogP contribution in [0.4, 0.5) is 0 Å². The molecule has 0 radical (unpaired) electrons. The van der Waals surface area contributed by atoms with E-state index < -0.39 is 80.4 Å². The zero-order chi connectivity index (χ0) is 29.5. The van der Waals surface area contributed by atoms with E-state index in [1.165, 1.54) is 13.2 Å². The lowest BCUT2D eigenvalue weighted by Crippen LogP contribution is -2.60. The summed E-state index contributed by atoms with van der Waals surface area (Å²) >= 11 is 0. The molecule has 14 nitrogen and oxygen atoms in total. The highest BCUT2D eigenvalue weighted by atomic mass is 16.7. The van der Waals surface area contributed by atoms with Crippen molar-refractivity contribution in [1.29, 1.82) is 0 Å². The van der Waals surface area contributed by atoms with Gasteiger partial charge in [-0.05, 0) is 17.7 Å². The molecular weight excluding hydrogens is 548 g/mol. The summed E-state index contributed by atoms with van der Waals surface area (Å²) in [4.78, 5) is 12.8. The van der Waals surface area contributed by atoms with Gasteiger partial charge in [0, 0.05) is 12.1 Å². The standard InChI is InChI=1S/C27H32O14/c1-36-13-4-2-12(3-5-13)17-8-16(30)20-15(29)6-14(7-18(20)40-17)39-25-23(33)22(32)21(31)19(41-25)9-37-26-24(34)27(35,10-28)11-38-26/h2-7,17,19,21-26,28-29,31-35H,8-11H2,1H3/t17-,19+,21+,22-,23+,24-,25+,26+,27+/m0/s1. The van der Waals surface area contributed by atoms with Crippen LogP contribution in [0.5, 0.6) is 23.0 Å². The van der Waals surface area contributed by atoms with Gasteiger partial charge in [-0.2, -0.15) is 0 Å². The number of fused-ring (bicyclic) bond motifs is 1. The van der Waals surface area contributed by atoms with E-state index in [4.69, 9.17) is 28.4 Å². The molecule has 2 saturated heterocycles. The number of methoxy groups -OCH3 is 1. The van der Waals surface area contributed by atoms with E-state index in [9.17, 15) is 40.5 Å². The largest absolute Gasteiger partial charge is 0.507 e. The predicted octanol–water partition coefficient (Wildman–Crippen LogP) is -1.25. The highest BCUT2D eigenvalue weighted by Crippen LogP contribution is 2.42. The summed E-state index contributed by atoms with van der Waals surface area (Å²) in [7, 11) is 1.53. The molecule has 3 aliphatic heterocycles. The summed E-state index contributed by atoms with van der Waals surface area (Å²) in [6.45, 7) is -1.64. The van der Waals surface area contributed by atoms with Crippen molar-refractivity contribution in [2.45, 2.75) is 61.2 Å². The molecule has 0 aromatic heterocycles. The molecule has 41 heavy (non-hydrogen) atoms. The number of phenols is 1. The first-order chi connectivity index (χ1) is 19.5. The van der Waals surface area contributed by atoms with E-state index in [-0.39, 0.29) is 29.3 Å². The molecule has 2 aromatic rings. The van der Waals surface area contributed by atoms with Crippen molar-refractivity contribution in [1.82, 2.24) is 0 Å². The molecule has 2 fully saturated rings. The average Bonchev–Trinajstić information content (AvgIpc) is 3.25. The van der Waals surface area contributed by atoms with Crippen LogP contribution in [0.15, 0.2) is 36.4 Å². The van der Waals surface area contributed by atoms with Crippen LogP contribution in [0.2, 0.25) is 0 Å². The lowest BCUT2D eigenvalue weighted by atomic mass is 9.95. The van der Waals surface area contributed by atoms with Gasteiger partial charge < -0.3 is 64.2 Å². The van der Waals surface area contributed by atoms with Crippen LogP contribution >= 0.6 is 0 Å². The van der Waals surface area contributed by atoms with Crippen LogP contribution in [0.25, 0.3) is 0 Å². The Morgan fingerprint density at radius 3 is 2.39 bits per heavy atom. The molecule has 2 aromatic carbocycles. The molecule has 3 heterocycles. The minimum atomic E-state index is -1.93. The third kappa shape index (κ3) is 5.70.